The minimum Gasteiger partial charge on any atom is -0.348 e. The Hall–Kier alpha value is -2.32. The number of piperidine rings is 1. The molecule has 0 aliphatic carbocycles. The van der Waals surface area contributed by atoms with E-state index in [9.17, 15) is 0 Å². The topological polar surface area (TPSA) is 82.6 Å². The van der Waals surface area contributed by atoms with Gasteiger partial charge in [0, 0.05) is 42.6 Å². The summed E-state index contributed by atoms with van der Waals surface area (Å²) in [6, 6.07) is 0. The number of imidazole rings is 1. The van der Waals surface area contributed by atoms with Crippen molar-refractivity contribution in [3.8, 4) is 0 Å². The van der Waals surface area contributed by atoms with Gasteiger partial charge in [0.15, 0.2) is 10.9 Å². The van der Waals surface area contributed by atoms with Gasteiger partial charge < -0.3 is 10.3 Å². The van der Waals surface area contributed by atoms with Crippen LogP contribution in [0.25, 0.3) is 0 Å². The summed E-state index contributed by atoms with van der Waals surface area (Å²) in [6.07, 6.45) is 9.46. The van der Waals surface area contributed by atoms with Gasteiger partial charge in [-0.1, -0.05) is 0 Å². The van der Waals surface area contributed by atoms with E-state index < -0.39 is 0 Å². The smallest absolute Gasteiger partial charge is 0.188 e. The number of hydrogen-bond acceptors (Lipinski definition) is 7. The summed E-state index contributed by atoms with van der Waals surface area (Å²) < 4.78 is 0. The fraction of sp³-hybridized carbons (Fsp3) is 0.412. The number of hydrogen-bond donors (Lipinski definition) is 2. The Morgan fingerprint density at radius 1 is 1.28 bits per heavy atom. The number of anilines is 2. The van der Waals surface area contributed by atoms with Gasteiger partial charge in [-0.05, 0) is 26.3 Å². The lowest BCUT2D eigenvalue weighted by Crippen LogP contribution is -2.34. The largest absolute Gasteiger partial charge is 0.348 e. The molecule has 4 rings (SSSR count). The van der Waals surface area contributed by atoms with E-state index in [1.165, 1.54) is 0 Å². The van der Waals surface area contributed by atoms with Crippen molar-refractivity contribution in [2.24, 2.45) is 0 Å². The number of likely N-dealkylation sites (tertiary alicyclic amines) is 1. The highest BCUT2D eigenvalue weighted by atomic mass is 32.1. The van der Waals surface area contributed by atoms with E-state index in [1.54, 1.807) is 29.9 Å². The molecule has 2 N–H and O–H groups in total. The predicted octanol–water partition coefficient (Wildman–Crippen LogP) is 3.09. The molecule has 1 atom stereocenters. The number of rotatable bonds is 5. The van der Waals surface area contributed by atoms with Gasteiger partial charge in [0.2, 0.25) is 0 Å². The number of aromatic amines is 1. The van der Waals surface area contributed by atoms with Crippen LogP contribution in [0.1, 0.15) is 36.0 Å². The third kappa shape index (κ3) is 3.85. The highest BCUT2D eigenvalue weighted by molar-refractivity contribution is 7.13. The zero-order valence-electron chi connectivity index (χ0n) is 14.1. The van der Waals surface area contributed by atoms with E-state index in [1.807, 2.05) is 18.5 Å². The monoisotopic (exact) mass is 355 g/mol. The lowest BCUT2D eigenvalue weighted by atomic mass is 9.94. The summed E-state index contributed by atoms with van der Waals surface area (Å²) in [5, 5.41) is 6.24. The Balaban J connectivity index is 1.50. The lowest BCUT2D eigenvalue weighted by Gasteiger charge is -2.32. The van der Waals surface area contributed by atoms with Crippen molar-refractivity contribution in [3.63, 3.8) is 0 Å². The number of thiazole rings is 1. The van der Waals surface area contributed by atoms with Crippen LogP contribution in [-0.4, -0.2) is 42.9 Å². The molecule has 0 unspecified atom stereocenters. The minimum atomic E-state index is 0.362. The first kappa shape index (κ1) is 16.2. The van der Waals surface area contributed by atoms with Crippen LogP contribution in [-0.2, 0) is 6.54 Å². The molecule has 8 heteroatoms. The molecule has 3 aromatic heterocycles. The van der Waals surface area contributed by atoms with E-state index in [2.05, 4.69) is 35.1 Å². The lowest BCUT2D eigenvalue weighted by molar-refractivity contribution is 0.195. The van der Waals surface area contributed by atoms with E-state index in [4.69, 9.17) is 0 Å². The third-order valence-corrected chi connectivity index (χ3v) is 5.27. The van der Waals surface area contributed by atoms with E-state index >= 15 is 0 Å². The molecule has 4 heterocycles. The molecule has 1 aliphatic heterocycles. The molecule has 0 radical (unpaired) electrons. The molecule has 7 nitrogen and oxygen atoms in total. The zero-order chi connectivity index (χ0) is 17.1. The minimum absolute atomic E-state index is 0.362. The SMILES string of the molecule is Cc1csc(Nc2nccnc2[C@@H]2CCCN(Cc3ncc[nH]3)C2)n1. The normalized spacial score (nSPS) is 18.4. The van der Waals surface area contributed by atoms with Crippen LogP contribution in [0.2, 0.25) is 0 Å². The number of aromatic nitrogens is 5. The van der Waals surface area contributed by atoms with Gasteiger partial charge in [-0.15, -0.1) is 11.3 Å². The van der Waals surface area contributed by atoms with Crippen molar-refractivity contribution in [2.75, 3.05) is 18.4 Å². The average Bonchev–Trinajstić information content (AvgIpc) is 3.27. The highest BCUT2D eigenvalue weighted by Gasteiger charge is 2.25. The summed E-state index contributed by atoms with van der Waals surface area (Å²) in [5.74, 6) is 2.19. The first-order valence-electron chi connectivity index (χ1n) is 8.48. The second-order valence-corrected chi connectivity index (χ2v) is 7.18. The summed E-state index contributed by atoms with van der Waals surface area (Å²) in [4.78, 5) is 23.6. The van der Waals surface area contributed by atoms with Crippen LogP contribution in [0.15, 0.2) is 30.2 Å². The molecule has 0 aromatic carbocycles. The Morgan fingerprint density at radius 3 is 3.00 bits per heavy atom. The maximum Gasteiger partial charge on any atom is 0.188 e. The Bertz CT molecular complexity index is 814. The molecule has 0 spiro atoms. The maximum absolute atomic E-state index is 4.64. The summed E-state index contributed by atoms with van der Waals surface area (Å²) in [6.45, 7) is 4.89. The highest BCUT2D eigenvalue weighted by Crippen LogP contribution is 2.31. The molecular weight excluding hydrogens is 334 g/mol. The van der Waals surface area contributed by atoms with E-state index in [-0.39, 0.29) is 0 Å². The van der Waals surface area contributed by atoms with Gasteiger partial charge in [0.25, 0.3) is 0 Å². The summed E-state index contributed by atoms with van der Waals surface area (Å²) in [5.41, 5.74) is 2.04. The molecule has 0 bridgehead atoms. The fourth-order valence-electron chi connectivity index (χ4n) is 3.28. The Labute approximate surface area is 150 Å². The second kappa shape index (κ2) is 7.28. The molecule has 25 heavy (non-hydrogen) atoms. The molecule has 1 aliphatic rings. The van der Waals surface area contributed by atoms with Gasteiger partial charge >= 0.3 is 0 Å². The zero-order valence-corrected chi connectivity index (χ0v) is 15.0. The van der Waals surface area contributed by atoms with Crippen molar-refractivity contribution in [1.29, 1.82) is 0 Å². The van der Waals surface area contributed by atoms with Gasteiger partial charge in [0.05, 0.1) is 17.9 Å². The number of aryl methyl sites for hydroxylation is 1. The first-order valence-corrected chi connectivity index (χ1v) is 9.36. The predicted molar refractivity (Wildman–Crippen MR) is 98.0 cm³/mol. The van der Waals surface area contributed by atoms with Crippen molar-refractivity contribution in [1.82, 2.24) is 29.8 Å². The third-order valence-electron chi connectivity index (χ3n) is 4.39. The van der Waals surface area contributed by atoms with Crippen molar-refractivity contribution >= 4 is 22.3 Å². The van der Waals surface area contributed by atoms with Crippen LogP contribution in [0.4, 0.5) is 10.9 Å². The number of nitrogens with one attached hydrogen (secondary N) is 2. The van der Waals surface area contributed by atoms with Gasteiger partial charge in [0.1, 0.15) is 5.82 Å². The molecule has 1 saturated heterocycles. The van der Waals surface area contributed by atoms with E-state index in [0.29, 0.717) is 5.92 Å². The van der Waals surface area contributed by atoms with Gasteiger partial charge in [-0.25, -0.2) is 15.0 Å². The maximum atomic E-state index is 4.64. The molecule has 3 aromatic rings. The van der Waals surface area contributed by atoms with Crippen molar-refractivity contribution in [3.05, 3.63) is 47.4 Å². The van der Waals surface area contributed by atoms with Crippen LogP contribution in [0.3, 0.4) is 0 Å². The molecular formula is C17H21N7S. The van der Waals surface area contributed by atoms with Gasteiger partial charge in [-0.3, -0.25) is 9.88 Å². The van der Waals surface area contributed by atoms with Crippen LogP contribution >= 0.6 is 11.3 Å². The van der Waals surface area contributed by atoms with Crippen LogP contribution in [0, 0.1) is 6.92 Å². The standard InChI is InChI=1S/C17H21N7S/c1-12-11-25-17(22-12)23-16-15(20-6-7-21-16)13-3-2-8-24(9-13)10-14-18-4-5-19-14/h4-7,11,13H,2-3,8-10H2,1H3,(H,18,19)(H,21,22,23)/t13-/m1/s1. The molecule has 1 fully saturated rings. The first-order chi connectivity index (χ1) is 12.3. The summed E-state index contributed by atoms with van der Waals surface area (Å²) >= 11 is 1.59. The number of nitrogens with zero attached hydrogens (tertiary/aromatic N) is 5. The quantitative estimate of drug-likeness (QED) is 0.732. The van der Waals surface area contributed by atoms with E-state index in [0.717, 1.165) is 60.6 Å². The van der Waals surface area contributed by atoms with Crippen LogP contribution < -0.4 is 5.32 Å². The van der Waals surface area contributed by atoms with Crippen molar-refractivity contribution < 1.29 is 0 Å². The number of H-pyrrole nitrogens is 1. The fourth-order valence-corrected chi connectivity index (χ4v) is 3.96. The molecule has 0 amide bonds. The summed E-state index contributed by atoms with van der Waals surface area (Å²) in [7, 11) is 0. The average molecular weight is 355 g/mol. The Morgan fingerprint density at radius 2 is 2.20 bits per heavy atom. The molecule has 0 saturated carbocycles. The van der Waals surface area contributed by atoms with Crippen LogP contribution in [0.5, 0.6) is 0 Å². The van der Waals surface area contributed by atoms with Crippen molar-refractivity contribution in [2.45, 2.75) is 32.2 Å². The molecule has 130 valence electrons. The second-order valence-electron chi connectivity index (χ2n) is 6.32. The van der Waals surface area contributed by atoms with Gasteiger partial charge in [-0.2, -0.15) is 0 Å². The Kier molecular flexibility index (Phi) is 4.71.